The van der Waals surface area contributed by atoms with Crippen LogP contribution in [0.3, 0.4) is 0 Å². The molecule has 1 N–H and O–H groups in total. The van der Waals surface area contributed by atoms with Crippen molar-refractivity contribution in [2.75, 3.05) is 18.0 Å². The summed E-state index contributed by atoms with van der Waals surface area (Å²) in [6.45, 7) is 6.93. The van der Waals surface area contributed by atoms with Gasteiger partial charge in [0.15, 0.2) is 0 Å². The Morgan fingerprint density at radius 2 is 1.96 bits per heavy atom. The summed E-state index contributed by atoms with van der Waals surface area (Å²) in [6.07, 6.45) is 5.62. The molecule has 0 unspecified atom stereocenters. The molecule has 132 valence electrons. The molecule has 0 aliphatic carbocycles. The molecule has 1 amide bonds. The zero-order valence-corrected chi connectivity index (χ0v) is 15.2. The second-order valence-corrected chi connectivity index (χ2v) is 6.92. The van der Waals surface area contributed by atoms with Gasteiger partial charge in [0.2, 0.25) is 5.91 Å². The van der Waals surface area contributed by atoms with Gasteiger partial charge in [-0.3, -0.25) is 4.79 Å². The number of rotatable bonds is 6. The van der Waals surface area contributed by atoms with Crippen molar-refractivity contribution in [3.8, 4) is 0 Å². The molecule has 2 heterocycles. The lowest BCUT2D eigenvalue weighted by Gasteiger charge is -2.17. The Balaban J connectivity index is 1.49. The molecule has 25 heavy (non-hydrogen) atoms. The van der Waals surface area contributed by atoms with Gasteiger partial charge in [-0.15, -0.1) is 0 Å². The van der Waals surface area contributed by atoms with E-state index in [0.717, 1.165) is 30.9 Å². The molecule has 0 saturated carbocycles. The van der Waals surface area contributed by atoms with Crippen LogP contribution >= 0.6 is 0 Å². The van der Waals surface area contributed by atoms with Crippen molar-refractivity contribution >= 4 is 11.7 Å². The van der Waals surface area contributed by atoms with Crippen LogP contribution in [-0.4, -0.2) is 24.0 Å². The number of anilines is 1. The third-order valence-corrected chi connectivity index (χ3v) is 4.85. The fourth-order valence-corrected chi connectivity index (χ4v) is 3.35. The summed E-state index contributed by atoms with van der Waals surface area (Å²) in [5.74, 6) is 1.12. The van der Waals surface area contributed by atoms with E-state index in [0.29, 0.717) is 13.0 Å². The Morgan fingerprint density at radius 3 is 2.72 bits per heavy atom. The van der Waals surface area contributed by atoms with E-state index < -0.39 is 0 Å². The third kappa shape index (κ3) is 4.81. The van der Waals surface area contributed by atoms with Crippen molar-refractivity contribution in [1.82, 2.24) is 10.3 Å². The number of amides is 1. The monoisotopic (exact) mass is 337 g/mol. The smallest absolute Gasteiger partial charge is 0.220 e. The summed E-state index contributed by atoms with van der Waals surface area (Å²) in [6, 6.07) is 10.5. The lowest BCUT2D eigenvalue weighted by molar-refractivity contribution is -0.121. The highest BCUT2D eigenvalue weighted by Crippen LogP contribution is 2.18. The number of nitrogens with zero attached hydrogens (tertiary/aromatic N) is 2. The topological polar surface area (TPSA) is 45.2 Å². The predicted octanol–water partition coefficient (Wildman–Crippen LogP) is 3.55. The molecule has 0 radical (unpaired) electrons. The minimum atomic E-state index is 0.0968. The molecule has 2 aromatic rings. The summed E-state index contributed by atoms with van der Waals surface area (Å²) < 4.78 is 0. The maximum atomic E-state index is 12.2. The van der Waals surface area contributed by atoms with Gasteiger partial charge in [-0.25, -0.2) is 4.98 Å². The first kappa shape index (κ1) is 17.5. The van der Waals surface area contributed by atoms with Crippen LogP contribution in [0, 0.1) is 13.8 Å². The molecule has 4 heteroatoms. The van der Waals surface area contributed by atoms with Crippen LogP contribution in [0.1, 0.15) is 41.5 Å². The molecule has 1 aliphatic heterocycles. The maximum absolute atomic E-state index is 12.2. The standard InChI is InChI=1S/C21H27N3O/c1-16-5-6-19(17(2)13-16)7-8-21(25)23-15-18-9-10-22-20(14-18)24-11-3-4-12-24/h5-6,9-10,13-14H,3-4,7-8,11-12,15H2,1-2H3,(H,23,25). The normalized spacial score (nSPS) is 13.9. The number of nitrogens with one attached hydrogen (secondary N) is 1. The summed E-state index contributed by atoms with van der Waals surface area (Å²) in [7, 11) is 0. The lowest BCUT2D eigenvalue weighted by Crippen LogP contribution is -2.24. The lowest BCUT2D eigenvalue weighted by atomic mass is 10.0. The number of hydrogen-bond donors (Lipinski definition) is 1. The number of aryl methyl sites for hydroxylation is 3. The van der Waals surface area contributed by atoms with E-state index in [9.17, 15) is 4.79 Å². The van der Waals surface area contributed by atoms with Crippen molar-refractivity contribution in [3.63, 3.8) is 0 Å². The molecule has 3 rings (SSSR count). The molecule has 1 fully saturated rings. The Bertz CT molecular complexity index is 736. The maximum Gasteiger partial charge on any atom is 0.220 e. The van der Waals surface area contributed by atoms with Crippen molar-refractivity contribution in [3.05, 3.63) is 58.8 Å². The molecule has 1 saturated heterocycles. The largest absolute Gasteiger partial charge is 0.357 e. The molecule has 1 aliphatic rings. The highest BCUT2D eigenvalue weighted by atomic mass is 16.1. The molecule has 1 aromatic heterocycles. The van der Waals surface area contributed by atoms with Crippen LogP contribution < -0.4 is 10.2 Å². The van der Waals surface area contributed by atoms with Crippen LogP contribution in [0.4, 0.5) is 5.82 Å². The first-order chi connectivity index (χ1) is 12.1. The fourth-order valence-electron chi connectivity index (χ4n) is 3.35. The quantitative estimate of drug-likeness (QED) is 0.877. The van der Waals surface area contributed by atoms with Gasteiger partial charge in [0.1, 0.15) is 5.82 Å². The minimum Gasteiger partial charge on any atom is -0.357 e. The molecule has 0 atom stereocenters. The van der Waals surface area contributed by atoms with E-state index in [2.05, 4.69) is 53.3 Å². The minimum absolute atomic E-state index is 0.0968. The van der Waals surface area contributed by atoms with Crippen molar-refractivity contribution in [2.45, 2.75) is 46.1 Å². The summed E-state index contributed by atoms with van der Waals surface area (Å²) >= 11 is 0. The highest BCUT2D eigenvalue weighted by molar-refractivity contribution is 5.76. The Kier molecular flexibility index (Phi) is 5.69. The molecular formula is C21H27N3O. The van der Waals surface area contributed by atoms with Gasteiger partial charge in [0, 0.05) is 32.3 Å². The van der Waals surface area contributed by atoms with E-state index in [1.165, 1.54) is 29.5 Å². The van der Waals surface area contributed by atoms with Gasteiger partial charge >= 0.3 is 0 Å². The first-order valence-corrected chi connectivity index (χ1v) is 9.14. The molecule has 0 bridgehead atoms. The van der Waals surface area contributed by atoms with E-state index >= 15 is 0 Å². The Morgan fingerprint density at radius 1 is 1.16 bits per heavy atom. The zero-order chi connectivity index (χ0) is 17.6. The number of hydrogen-bond acceptors (Lipinski definition) is 3. The second-order valence-electron chi connectivity index (χ2n) is 6.92. The van der Waals surface area contributed by atoms with E-state index in [-0.39, 0.29) is 5.91 Å². The van der Waals surface area contributed by atoms with E-state index in [4.69, 9.17) is 0 Å². The van der Waals surface area contributed by atoms with Crippen molar-refractivity contribution < 1.29 is 4.79 Å². The summed E-state index contributed by atoms with van der Waals surface area (Å²) in [4.78, 5) is 18.9. The molecule has 0 spiro atoms. The van der Waals surface area contributed by atoms with Gasteiger partial charge in [0.05, 0.1) is 0 Å². The second kappa shape index (κ2) is 8.15. The van der Waals surface area contributed by atoms with Gasteiger partial charge in [-0.2, -0.15) is 0 Å². The van der Waals surface area contributed by atoms with Crippen molar-refractivity contribution in [2.24, 2.45) is 0 Å². The first-order valence-electron chi connectivity index (χ1n) is 9.14. The Labute approximate surface area is 150 Å². The van der Waals surface area contributed by atoms with Crippen LogP contribution in [0.25, 0.3) is 0 Å². The number of benzene rings is 1. The zero-order valence-electron chi connectivity index (χ0n) is 15.2. The van der Waals surface area contributed by atoms with Gasteiger partial charge in [0.25, 0.3) is 0 Å². The number of carbonyl (C=O) groups excluding carboxylic acids is 1. The average Bonchev–Trinajstić information content (AvgIpc) is 3.14. The third-order valence-electron chi connectivity index (χ3n) is 4.85. The highest BCUT2D eigenvalue weighted by Gasteiger charge is 2.13. The SMILES string of the molecule is Cc1ccc(CCC(=O)NCc2ccnc(N3CCCC3)c2)c(C)c1. The van der Waals surface area contributed by atoms with Crippen LogP contribution in [0.15, 0.2) is 36.5 Å². The van der Waals surface area contributed by atoms with E-state index in [1.54, 1.807) is 0 Å². The van der Waals surface area contributed by atoms with Gasteiger partial charge in [-0.05, 0) is 61.9 Å². The fraction of sp³-hybridized carbons (Fsp3) is 0.429. The molecule has 4 nitrogen and oxygen atoms in total. The number of aromatic nitrogens is 1. The van der Waals surface area contributed by atoms with Crippen molar-refractivity contribution in [1.29, 1.82) is 0 Å². The molecule has 1 aromatic carbocycles. The van der Waals surface area contributed by atoms with Gasteiger partial charge in [-0.1, -0.05) is 23.8 Å². The van der Waals surface area contributed by atoms with E-state index in [1.807, 2.05) is 12.3 Å². The predicted molar refractivity (Wildman–Crippen MR) is 102 cm³/mol. The number of pyridine rings is 1. The summed E-state index contributed by atoms with van der Waals surface area (Å²) in [5.41, 5.74) is 4.88. The van der Waals surface area contributed by atoms with Gasteiger partial charge < -0.3 is 10.2 Å². The van der Waals surface area contributed by atoms with Crippen LogP contribution in [0.2, 0.25) is 0 Å². The molecular weight excluding hydrogens is 310 g/mol. The number of carbonyl (C=O) groups is 1. The van der Waals surface area contributed by atoms with Crippen LogP contribution in [-0.2, 0) is 17.8 Å². The average molecular weight is 337 g/mol. The summed E-state index contributed by atoms with van der Waals surface area (Å²) in [5, 5.41) is 3.03. The Hall–Kier alpha value is -2.36. The van der Waals surface area contributed by atoms with Crippen LogP contribution in [0.5, 0.6) is 0 Å².